The van der Waals surface area contributed by atoms with E-state index in [1.54, 1.807) is 23.9 Å². The molecule has 0 aliphatic carbocycles. The van der Waals surface area contributed by atoms with Crippen LogP contribution in [-0.4, -0.2) is 45.3 Å². The van der Waals surface area contributed by atoms with Crippen molar-refractivity contribution in [2.75, 3.05) is 29.4 Å². The minimum absolute atomic E-state index is 0.200. The Morgan fingerprint density at radius 3 is 3.00 bits per heavy atom. The van der Waals surface area contributed by atoms with Gasteiger partial charge in [0.25, 0.3) is 0 Å². The molecule has 0 aromatic carbocycles. The fourth-order valence-electron chi connectivity index (χ4n) is 3.41. The Morgan fingerprint density at radius 2 is 2.17 bits per heavy atom. The van der Waals surface area contributed by atoms with Crippen molar-refractivity contribution < 1.29 is 4.79 Å². The van der Waals surface area contributed by atoms with Gasteiger partial charge in [0.05, 0.1) is 23.3 Å². The molecule has 5 rings (SSSR count). The Morgan fingerprint density at radius 1 is 1.25 bits per heavy atom. The Balaban J connectivity index is 1.32. The molecule has 3 aromatic heterocycles. The molecule has 0 unspecified atom stereocenters. The minimum atomic E-state index is 0.200. The van der Waals surface area contributed by atoms with Crippen LogP contribution in [-0.2, 0) is 4.79 Å². The van der Waals surface area contributed by atoms with E-state index in [9.17, 15) is 4.79 Å². The molecule has 8 heteroatoms. The van der Waals surface area contributed by atoms with Crippen LogP contribution in [0.4, 0.5) is 11.5 Å². The molecule has 3 aromatic rings. The second-order valence-corrected chi connectivity index (χ2v) is 7.12. The average molecular weight is 340 g/mol. The Labute approximate surface area is 142 Å². The number of carbonyl (C=O) groups excluding carboxylic acids is 1. The second-order valence-electron chi connectivity index (χ2n) is 6.22. The van der Waals surface area contributed by atoms with E-state index in [1.165, 1.54) is 0 Å². The maximum absolute atomic E-state index is 11.8. The van der Waals surface area contributed by atoms with Crippen LogP contribution in [0.5, 0.6) is 0 Å². The fourth-order valence-corrected chi connectivity index (χ4v) is 4.14. The molecule has 0 N–H and O–H groups in total. The summed E-state index contributed by atoms with van der Waals surface area (Å²) < 4.78 is 1.98. The van der Waals surface area contributed by atoms with Gasteiger partial charge in [-0.25, -0.2) is 9.97 Å². The molecular formula is C16H16N6OS. The first-order valence-corrected chi connectivity index (χ1v) is 8.95. The predicted molar refractivity (Wildman–Crippen MR) is 92.5 cm³/mol. The summed E-state index contributed by atoms with van der Waals surface area (Å²) in [5.41, 5.74) is 0.915. The number of rotatable bonds is 3. The van der Waals surface area contributed by atoms with Crippen LogP contribution in [0.3, 0.4) is 0 Å². The van der Waals surface area contributed by atoms with Crippen LogP contribution >= 0.6 is 11.3 Å². The van der Waals surface area contributed by atoms with Gasteiger partial charge in [-0.15, -0.1) is 11.3 Å². The van der Waals surface area contributed by atoms with E-state index >= 15 is 0 Å². The van der Waals surface area contributed by atoms with E-state index in [-0.39, 0.29) is 5.91 Å². The summed E-state index contributed by atoms with van der Waals surface area (Å²) in [6, 6.07) is 2.40. The third kappa shape index (κ3) is 2.10. The van der Waals surface area contributed by atoms with Gasteiger partial charge in [-0.1, -0.05) is 0 Å². The zero-order chi connectivity index (χ0) is 16.1. The van der Waals surface area contributed by atoms with Crippen LogP contribution in [0.2, 0.25) is 0 Å². The molecule has 24 heavy (non-hydrogen) atoms. The Kier molecular flexibility index (Phi) is 3.05. The molecule has 2 aliphatic rings. The van der Waals surface area contributed by atoms with Gasteiger partial charge >= 0.3 is 0 Å². The first kappa shape index (κ1) is 13.9. The first-order valence-electron chi connectivity index (χ1n) is 8.07. The van der Waals surface area contributed by atoms with E-state index in [2.05, 4.69) is 26.0 Å². The Hall–Kier alpha value is -2.48. The van der Waals surface area contributed by atoms with Crippen LogP contribution in [0.1, 0.15) is 18.9 Å². The quantitative estimate of drug-likeness (QED) is 0.730. The summed E-state index contributed by atoms with van der Waals surface area (Å²) in [5, 5.41) is 7.63. The van der Waals surface area contributed by atoms with Crippen molar-refractivity contribution in [3.05, 3.63) is 30.2 Å². The van der Waals surface area contributed by atoms with Crippen molar-refractivity contribution in [2.45, 2.75) is 18.9 Å². The number of amides is 1. The summed E-state index contributed by atoms with van der Waals surface area (Å²) in [6.45, 7) is 2.55. The lowest BCUT2D eigenvalue weighted by molar-refractivity contribution is -0.117. The molecule has 0 radical (unpaired) electrons. The van der Waals surface area contributed by atoms with Crippen molar-refractivity contribution in [1.82, 2.24) is 19.7 Å². The molecule has 7 nitrogen and oxygen atoms in total. The van der Waals surface area contributed by atoms with Gasteiger partial charge in [0.2, 0.25) is 5.91 Å². The lowest BCUT2D eigenvalue weighted by Gasteiger charge is -2.40. The molecule has 5 heterocycles. The molecule has 2 saturated heterocycles. The molecule has 122 valence electrons. The highest BCUT2D eigenvalue weighted by molar-refractivity contribution is 7.16. The van der Waals surface area contributed by atoms with E-state index in [0.29, 0.717) is 12.5 Å². The third-order valence-electron chi connectivity index (χ3n) is 4.75. The van der Waals surface area contributed by atoms with Crippen LogP contribution in [0.15, 0.2) is 30.2 Å². The first-order chi connectivity index (χ1) is 11.8. The normalized spacial score (nSPS) is 18.6. The zero-order valence-electron chi connectivity index (χ0n) is 13.0. The fraction of sp³-hybridized carbons (Fsp3) is 0.375. The van der Waals surface area contributed by atoms with Gasteiger partial charge in [-0.05, 0) is 17.9 Å². The van der Waals surface area contributed by atoms with Crippen molar-refractivity contribution in [2.24, 2.45) is 0 Å². The van der Waals surface area contributed by atoms with Crippen molar-refractivity contribution >= 4 is 39.0 Å². The molecule has 2 fully saturated rings. The number of carbonyl (C=O) groups is 1. The largest absolute Gasteiger partial charge is 0.352 e. The molecular weight excluding hydrogens is 324 g/mol. The molecule has 0 atom stereocenters. The highest BCUT2D eigenvalue weighted by atomic mass is 32.1. The maximum atomic E-state index is 11.8. The number of nitrogens with zero attached hydrogens (tertiary/aromatic N) is 6. The van der Waals surface area contributed by atoms with Crippen LogP contribution in [0.25, 0.3) is 10.2 Å². The van der Waals surface area contributed by atoms with Gasteiger partial charge < -0.3 is 9.80 Å². The molecule has 1 amide bonds. The van der Waals surface area contributed by atoms with E-state index < -0.39 is 0 Å². The van der Waals surface area contributed by atoms with Crippen molar-refractivity contribution in [1.29, 1.82) is 0 Å². The molecule has 2 aliphatic heterocycles. The summed E-state index contributed by atoms with van der Waals surface area (Å²) in [4.78, 5) is 25.7. The van der Waals surface area contributed by atoms with E-state index in [0.717, 1.165) is 47.8 Å². The van der Waals surface area contributed by atoms with Gasteiger partial charge in [-0.2, -0.15) is 5.10 Å². The minimum Gasteiger partial charge on any atom is -0.352 e. The van der Waals surface area contributed by atoms with Gasteiger partial charge in [0.1, 0.15) is 17.0 Å². The van der Waals surface area contributed by atoms with Crippen LogP contribution in [0, 0.1) is 0 Å². The summed E-state index contributed by atoms with van der Waals surface area (Å²) in [5.74, 6) is 1.20. The van der Waals surface area contributed by atoms with E-state index in [4.69, 9.17) is 0 Å². The highest BCUT2D eigenvalue weighted by Crippen LogP contribution is 2.33. The summed E-state index contributed by atoms with van der Waals surface area (Å²) >= 11 is 1.64. The summed E-state index contributed by atoms with van der Waals surface area (Å²) in [7, 11) is 0. The number of hydrogen-bond acceptors (Lipinski definition) is 6. The molecule has 0 bridgehead atoms. The third-order valence-corrected chi connectivity index (χ3v) is 5.57. The number of hydrogen-bond donors (Lipinski definition) is 0. The standard InChI is InChI=1S/C16H16N6OS/c23-14-2-1-4-21(14)11-6-19-22(9-11)12-7-20(8-12)15-13-3-5-24-16(13)18-10-17-15/h3,5-6,9-10,12H,1-2,4,7-8H2. The monoisotopic (exact) mass is 340 g/mol. The van der Waals surface area contributed by atoms with Crippen molar-refractivity contribution in [3.8, 4) is 0 Å². The molecule has 0 spiro atoms. The number of aromatic nitrogens is 4. The highest BCUT2D eigenvalue weighted by Gasteiger charge is 2.32. The maximum Gasteiger partial charge on any atom is 0.227 e. The summed E-state index contributed by atoms with van der Waals surface area (Å²) in [6.07, 6.45) is 7.00. The Bertz CT molecular complexity index is 912. The average Bonchev–Trinajstić information content (AvgIpc) is 3.25. The zero-order valence-corrected chi connectivity index (χ0v) is 13.8. The number of fused-ring (bicyclic) bond motifs is 1. The second kappa shape index (κ2) is 5.27. The van der Waals surface area contributed by atoms with Gasteiger partial charge in [-0.3, -0.25) is 9.48 Å². The topological polar surface area (TPSA) is 67.2 Å². The SMILES string of the molecule is O=C1CCCN1c1cnn(C2CN(c3ncnc4sccc34)C2)c1. The van der Waals surface area contributed by atoms with Gasteiger partial charge in [0, 0.05) is 32.3 Å². The predicted octanol–water partition coefficient (Wildman–Crippen LogP) is 2.08. The van der Waals surface area contributed by atoms with E-state index in [1.807, 2.05) is 21.2 Å². The molecule has 0 saturated carbocycles. The van der Waals surface area contributed by atoms with Crippen LogP contribution < -0.4 is 9.80 Å². The lowest BCUT2D eigenvalue weighted by Crippen LogP contribution is -2.48. The van der Waals surface area contributed by atoms with Crippen molar-refractivity contribution in [3.63, 3.8) is 0 Å². The van der Waals surface area contributed by atoms with Gasteiger partial charge in [0.15, 0.2) is 0 Å². The number of anilines is 2. The smallest absolute Gasteiger partial charge is 0.227 e. The number of thiophene rings is 1. The lowest BCUT2D eigenvalue weighted by atomic mass is 10.1.